The van der Waals surface area contributed by atoms with Gasteiger partial charge in [0.05, 0.1) is 16.2 Å². The first-order valence-corrected chi connectivity index (χ1v) is 51.9. The summed E-state index contributed by atoms with van der Waals surface area (Å²) >= 11 is 0. The SMILES string of the molecule is CC1(C)c2ccccc2-c2ccc(-c3c4c(cc5c3oc3ccccc35)C3(c5ccccc5-c5ccccc53)c3cc(-c5ccccc5)ccc3-4)cc21.c1ccc(-c2ccc3oc4c5c(ccc4c3c2)-c2cc(-c3cccnc3)ccc2C52c3ccccc3-c3ccccc32)cc1.c1ccc2c(c1)-c1ccccc1C21c2cc(-c3cccc4ccccc34)ccc2-c2cc3oc4ccccc4c3c(-c3ccc4ccccc4c3)c21. The van der Waals surface area contributed by atoms with Gasteiger partial charge in [-0.3, -0.25) is 4.98 Å². The molecule has 4 nitrogen and oxygen atoms in total. The lowest BCUT2D eigenvalue weighted by Crippen LogP contribution is -2.26. The first-order chi connectivity index (χ1) is 73.7. The van der Waals surface area contributed by atoms with Crippen LogP contribution in [0.4, 0.5) is 0 Å². The van der Waals surface area contributed by atoms with Gasteiger partial charge in [0.2, 0.25) is 0 Å². The van der Waals surface area contributed by atoms with E-state index in [-0.39, 0.29) is 5.41 Å². The highest BCUT2D eigenvalue weighted by Crippen LogP contribution is 2.71. The van der Waals surface area contributed by atoms with Crippen molar-refractivity contribution >= 4 is 87.4 Å². The van der Waals surface area contributed by atoms with Crippen LogP contribution >= 0.6 is 0 Å². The Morgan fingerprint density at radius 1 is 0.174 bits per heavy atom. The van der Waals surface area contributed by atoms with E-state index >= 15 is 0 Å². The molecule has 0 unspecified atom stereocenters. The molecule has 7 aliphatic carbocycles. The summed E-state index contributed by atoms with van der Waals surface area (Å²) in [4.78, 5) is 4.41. The maximum absolute atomic E-state index is 6.99. The van der Waals surface area contributed by atoms with Gasteiger partial charge in [0.15, 0.2) is 0 Å². The fourth-order valence-corrected chi connectivity index (χ4v) is 28.2. The summed E-state index contributed by atoms with van der Waals surface area (Å²) in [5.41, 5.74) is 54.9. The van der Waals surface area contributed by atoms with E-state index < -0.39 is 16.2 Å². The molecule has 0 bridgehead atoms. The van der Waals surface area contributed by atoms with E-state index in [4.69, 9.17) is 13.3 Å². The summed E-state index contributed by atoms with van der Waals surface area (Å²) in [6, 6.07) is 181. The normalized spacial score (nSPS) is 14.1. The third-order valence-electron chi connectivity index (χ3n) is 34.3. The van der Waals surface area contributed by atoms with E-state index in [0.717, 1.165) is 71.6 Å². The highest BCUT2D eigenvalue weighted by molar-refractivity contribution is 6.21. The minimum absolute atomic E-state index is 0.125. The van der Waals surface area contributed by atoms with Crippen LogP contribution in [0.5, 0.6) is 0 Å². The summed E-state index contributed by atoms with van der Waals surface area (Å²) in [7, 11) is 0. The highest BCUT2D eigenvalue weighted by Gasteiger charge is 2.58. The number of fused-ring (bicyclic) bond motifs is 45. The molecule has 149 heavy (non-hydrogen) atoms. The van der Waals surface area contributed by atoms with Crippen molar-refractivity contribution in [2.45, 2.75) is 35.5 Å². The van der Waals surface area contributed by atoms with Gasteiger partial charge >= 0.3 is 0 Å². The molecule has 3 spiro atoms. The molecular weight excluding hydrogens is 1800 g/mol. The van der Waals surface area contributed by atoms with Crippen molar-refractivity contribution in [3.05, 3.63) is 582 Å². The van der Waals surface area contributed by atoms with Gasteiger partial charge in [-0.25, -0.2) is 0 Å². The molecule has 0 radical (unpaired) electrons. The molecule has 692 valence electrons. The molecule has 0 amide bonds. The Morgan fingerprint density at radius 3 is 1.27 bits per heavy atom. The van der Waals surface area contributed by atoms with E-state index in [0.29, 0.717) is 0 Å². The largest absolute Gasteiger partial charge is 0.456 e. The first kappa shape index (κ1) is 83.6. The fourth-order valence-electron chi connectivity index (χ4n) is 28.2. The van der Waals surface area contributed by atoms with Crippen LogP contribution in [0.25, 0.3) is 232 Å². The van der Waals surface area contributed by atoms with E-state index in [2.05, 4.69) is 504 Å². The first-order valence-electron chi connectivity index (χ1n) is 51.9. The van der Waals surface area contributed by atoms with Crippen LogP contribution in [0.15, 0.2) is 517 Å². The summed E-state index contributed by atoms with van der Waals surface area (Å²) in [6.45, 7) is 4.74. The molecule has 34 rings (SSSR count). The van der Waals surface area contributed by atoms with Crippen molar-refractivity contribution in [1.29, 1.82) is 0 Å². The molecule has 0 saturated carbocycles. The Balaban J connectivity index is 0.0000000993. The van der Waals surface area contributed by atoms with Gasteiger partial charge in [0.25, 0.3) is 0 Å². The van der Waals surface area contributed by atoms with Crippen LogP contribution in [0.1, 0.15) is 91.7 Å². The lowest BCUT2D eigenvalue weighted by atomic mass is 9.68. The van der Waals surface area contributed by atoms with Gasteiger partial charge in [-0.2, -0.15) is 0 Å². The Morgan fingerprint density at radius 2 is 0.611 bits per heavy atom. The molecule has 0 aliphatic heterocycles. The molecule has 0 N–H and O–H groups in total. The number of furan rings is 3. The van der Waals surface area contributed by atoms with Crippen molar-refractivity contribution in [3.8, 4) is 145 Å². The Bertz CT molecular complexity index is 10300. The number of hydrogen-bond acceptors (Lipinski definition) is 4. The van der Waals surface area contributed by atoms with Crippen molar-refractivity contribution in [2.75, 3.05) is 0 Å². The van der Waals surface area contributed by atoms with Crippen LogP contribution in [-0.4, -0.2) is 4.98 Å². The Labute approximate surface area is 861 Å². The molecule has 27 aromatic rings. The second kappa shape index (κ2) is 31.3. The lowest BCUT2D eigenvalue weighted by Gasteiger charge is -2.33. The molecule has 4 aromatic heterocycles. The van der Waals surface area contributed by atoms with E-state index in [1.165, 1.54) is 238 Å². The quantitative estimate of drug-likeness (QED) is 0.166. The van der Waals surface area contributed by atoms with E-state index in [9.17, 15) is 0 Å². The molecule has 0 atom stereocenters. The number of benzene rings is 23. The van der Waals surface area contributed by atoms with Crippen LogP contribution in [0, 0.1) is 0 Å². The standard InChI is InChI=1S/C52H34O.C51H30O.C42H25NO/c1-51(2)41-20-10-6-16-34(41)37-26-25-33(29-44(37)51)48-49-39-27-24-32(31-14-4-3-5-15-31)28-45(39)52(42-21-11-7-17-35(42)36-18-8-12-22-43(36)52)46(49)30-40-38-19-9-13-23-47(38)53-50(40)48;1-2-14-33-28-35(25-24-31(33)12-1)48-49-41-19-7-10-23-46(41)52-47(49)30-42-40-27-26-34(37-20-11-15-32-13-3-4-16-36(32)37)29-45(40)51(50(42)48)43-21-8-5-17-38(43)39-18-6-9-22-44(39)51;1-2-9-26(10-3-1)27-17-21-39-35(24-27)33-19-18-32-34-23-28(29-11-8-22-43-25-29)16-20-38(34)42(40(32)41(33)44-39)36-14-6-4-12-30(36)31-13-5-7-15-37(31)42/h3-30H,1-2H3;1-30H;1-25H. The summed E-state index contributed by atoms with van der Waals surface area (Å²) < 4.78 is 20.7. The second-order valence-electron chi connectivity index (χ2n) is 41.8. The number of rotatable bonds is 6. The average Bonchev–Trinajstić information content (AvgIpc) is 1.49. The van der Waals surface area contributed by atoms with Crippen molar-refractivity contribution in [2.24, 2.45) is 0 Å². The van der Waals surface area contributed by atoms with Crippen LogP contribution in [-0.2, 0) is 21.7 Å². The number of para-hydroxylation sites is 2. The summed E-state index contributed by atoms with van der Waals surface area (Å²) in [5, 5.41) is 11.9. The third kappa shape index (κ3) is 11.4. The zero-order chi connectivity index (χ0) is 97.8. The summed E-state index contributed by atoms with van der Waals surface area (Å²) in [6.07, 6.45) is 3.77. The maximum Gasteiger partial charge on any atom is 0.143 e. The molecule has 0 saturated heterocycles. The van der Waals surface area contributed by atoms with Gasteiger partial charge in [0.1, 0.15) is 33.5 Å². The predicted octanol–water partition coefficient (Wildman–Crippen LogP) is 37.8. The highest BCUT2D eigenvalue weighted by atomic mass is 16.3. The molecule has 4 heterocycles. The van der Waals surface area contributed by atoms with Crippen molar-refractivity contribution in [3.63, 3.8) is 0 Å². The van der Waals surface area contributed by atoms with Gasteiger partial charge in [0, 0.05) is 66.8 Å². The summed E-state index contributed by atoms with van der Waals surface area (Å²) in [5.74, 6) is 0. The maximum atomic E-state index is 6.99. The molecule has 7 aliphatic rings. The Kier molecular flexibility index (Phi) is 17.6. The zero-order valence-corrected chi connectivity index (χ0v) is 81.6. The minimum Gasteiger partial charge on any atom is -0.456 e. The van der Waals surface area contributed by atoms with E-state index in [1.54, 1.807) is 0 Å². The predicted molar refractivity (Wildman–Crippen MR) is 613 cm³/mol. The monoisotopic (exact) mass is 1890 g/mol. The second-order valence-corrected chi connectivity index (χ2v) is 41.8. The van der Waals surface area contributed by atoms with Crippen LogP contribution in [0.3, 0.4) is 0 Å². The molecule has 0 fully saturated rings. The molecule has 4 heteroatoms. The number of hydrogen-bond donors (Lipinski definition) is 0. The number of pyridine rings is 1. The number of aromatic nitrogens is 1. The third-order valence-corrected chi connectivity index (χ3v) is 34.3. The van der Waals surface area contributed by atoms with E-state index in [1.807, 2.05) is 18.5 Å². The zero-order valence-electron chi connectivity index (χ0n) is 81.6. The van der Waals surface area contributed by atoms with Crippen LogP contribution in [0.2, 0.25) is 0 Å². The van der Waals surface area contributed by atoms with Gasteiger partial charge in [-0.1, -0.05) is 426 Å². The fraction of sp³-hybridized carbons (Fsp3) is 0.0414. The molecular formula is C145H89NO3. The lowest BCUT2D eigenvalue weighted by molar-refractivity contribution is 0.652. The molecule has 23 aromatic carbocycles. The van der Waals surface area contributed by atoms with Gasteiger partial charge in [-0.05, 0) is 306 Å². The van der Waals surface area contributed by atoms with Gasteiger partial charge in [-0.15, -0.1) is 0 Å². The minimum atomic E-state index is -0.550. The Hall–Kier alpha value is -18.9. The van der Waals surface area contributed by atoms with Crippen LogP contribution < -0.4 is 0 Å². The number of nitrogens with zero attached hydrogens (tertiary/aromatic N) is 1. The van der Waals surface area contributed by atoms with Gasteiger partial charge < -0.3 is 13.3 Å². The van der Waals surface area contributed by atoms with Crippen molar-refractivity contribution in [1.82, 2.24) is 4.98 Å². The van der Waals surface area contributed by atoms with Crippen molar-refractivity contribution < 1.29 is 13.3 Å². The topological polar surface area (TPSA) is 52.3 Å². The average molecular weight is 1890 g/mol. The smallest absolute Gasteiger partial charge is 0.143 e.